The highest BCUT2D eigenvalue weighted by Gasteiger charge is 2.30. The van der Waals surface area contributed by atoms with Crippen LogP contribution in [0.15, 0.2) is 42.5 Å². The highest BCUT2D eigenvalue weighted by Crippen LogP contribution is 2.31. The molecule has 0 saturated heterocycles. The van der Waals surface area contributed by atoms with Crippen molar-refractivity contribution in [1.82, 2.24) is 9.78 Å². The lowest BCUT2D eigenvalue weighted by Crippen LogP contribution is -2.08. The van der Waals surface area contributed by atoms with Crippen molar-refractivity contribution in [2.45, 2.75) is 33.5 Å². The summed E-state index contributed by atoms with van der Waals surface area (Å²) >= 11 is 0. The van der Waals surface area contributed by atoms with Crippen LogP contribution in [0.5, 0.6) is 0 Å². The van der Waals surface area contributed by atoms with Crippen molar-refractivity contribution in [2.75, 3.05) is 0 Å². The average molecular weight is 369 g/mol. The van der Waals surface area contributed by atoms with E-state index in [2.05, 4.69) is 11.2 Å². The molecule has 0 radical (unpaired) electrons. The Kier molecular flexibility index (Phi) is 4.79. The van der Waals surface area contributed by atoms with E-state index in [4.69, 9.17) is 5.26 Å². The van der Waals surface area contributed by atoms with Gasteiger partial charge in [0.05, 0.1) is 29.4 Å². The van der Waals surface area contributed by atoms with E-state index in [0.717, 1.165) is 40.2 Å². The molecule has 0 bridgehead atoms. The van der Waals surface area contributed by atoms with Gasteiger partial charge >= 0.3 is 6.18 Å². The standard InChI is InChI=1S/C21H18F3N3/c1-13-9-17(7-8-18(13)11-25)20-14(2)26-27(15(20)3)12-16-5-4-6-19(10-16)21(22,23)24/h4-10H,12H2,1-3H3. The molecule has 0 fully saturated rings. The van der Waals surface area contributed by atoms with Crippen LogP contribution >= 0.6 is 0 Å². The van der Waals surface area contributed by atoms with Crippen molar-refractivity contribution >= 4 is 0 Å². The second-order valence-corrected chi connectivity index (χ2v) is 6.54. The maximum Gasteiger partial charge on any atom is 0.416 e. The number of nitrogens with zero attached hydrogens (tertiary/aromatic N) is 3. The maximum atomic E-state index is 12.9. The van der Waals surface area contributed by atoms with Gasteiger partial charge in [-0.1, -0.05) is 18.2 Å². The van der Waals surface area contributed by atoms with E-state index in [1.54, 1.807) is 16.8 Å². The quantitative estimate of drug-likeness (QED) is 0.619. The second kappa shape index (κ2) is 6.92. The number of hydrogen-bond acceptors (Lipinski definition) is 2. The predicted molar refractivity (Wildman–Crippen MR) is 97.1 cm³/mol. The van der Waals surface area contributed by atoms with Crippen molar-refractivity contribution in [3.8, 4) is 17.2 Å². The lowest BCUT2D eigenvalue weighted by molar-refractivity contribution is -0.137. The van der Waals surface area contributed by atoms with E-state index in [9.17, 15) is 13.2 Å². The van der Waals surface area contributed by atoms with Crippen LogP contribution < -0.4 is 0 Å². The predicted octanol–water partition coefficient (Wildman–Crippen LogP) is 5.41. The Bertz CT molecular complexity index is 1040. The molecule has 0 aliphatic carbocycles. The monoisotopic (exact) mass is 369 g/mol. The van der Waals surface area contributed by atoms with Crippen LogP contribution in [0.25, 0.3) is 11.1 Å². The summed E-state index contributed by atoms with van der Waals surface area (Å²) in [5.74, 6) is 0. The fourth-order valence-corrected chi connectivity index (χ4v) is 3.23. The van der Waals surface area contributed by atoms with Crippen molar-refractivity contribution < 1.29 is 13.2 Å². The normalized spacial score (nSPS) is 11.4. The molecule has 0 aliphatic rings. The third kappa shape index (κ3) is 3.72. The molecule has 0 saturated carbocycles. The summed E-state index contributed by atoms with van der Waals surface area (Å²) in [6.45, 7) is 5.90. The Labute approximate surface area is 155 Å². The number of nitriles is 1. The van der Waals surface area contributed by atoms with Gasteiger partial charge in [-0.25, -0.2) is 0 Å². The Morgan fingerprint density at radius 3 is 2.44 bits per heavy atom. The molecule has 2 aromatic carbocycles. The average Bonchev–Trinajstić information content (AvgIpc) is 2.88. The zero-order chi connectivity index (χ0) is 19.8. The zero-order valence-corrected chi connectivity index (χ0v) is 15.2. The first-order valence-electron chi connectivity index (χ1n) is 8.42. The minimum absolute atomic E-state index is 0.256. The van der Waals surface area contributed by atoms with Crippen LogP contribution in [0.3, 0.4) is 0 Å². The first-order valence-corrected chi connectivity index (χ1v) is 8.42. The van der Waals surface area contributed by atoms with E-state index < -0.39 is 11.7 Å². The molecule has 3 rings (SSSR count). The number of alkyl halides is 3. The van der Waals surface area contributed by atoms with Gasteiger partial charge in [0.25, 0.3) is 0 Å². The van der Waals surface area contributed by atoms with E-state index in [0.29, 0.717) is 11.1 Å². The van der Waals surface area contributed by atoms with Gasteiger partial charge in [-0.15, -0.1) is 0 Å². The summed E-state index contributed by atoms with van der Waals surface area (Å²) in [5, 5.41) is 13.6. The Morgan fingerprint density at radius 1 is 1.07 bits per heavy atom. The van der Waals surface area contributed by atoms with Gasteiger partial charge < -0.3 is 0 Å². The van der Waals surface area contributed by atoms with Gasteiger partial charge in [0.2, 0.25) is 0 Å². The molecular weight excluding hydrogens is 351 g/mol. The van der Waals surface area contributed by atoms with Gasteiger partial charge in [-0.3, -0.25) is 4.68 Å². The van der Waals surface area contributed by atoms with Crippen molar-refractivity contribution in [3.05, 3.63) is 76.1 Å². The van der Waals surface area contributed by atoms with E-state index >= 15 is 0 Å². The molecule has 3 nitrogen and oxygen atoms in total. The lowest BCUT2D eigenvalue weighted by atomic mass is 9.99. The number of aryl methyl sites for hydroxylation is 2. The minimum atomic E-state index is -4.36. The summed E-state index contributed by atoms with van der Waals surface area (Å²) in [6, 6.07) is 13.0. The summed E-state index contributed by atoms with van der Waals surface area (Å²) in [5.41, 5.74) is 4.91. The number of rotatable bonds is 3. The lowest BCUT2D eigenvalue weighted by Gasteiger charge is -2.10. The topological polar surface area (TPSA) is 41.6 Å². The molecule has 1 heterocycles. The highest BCUT2D eigenvalue weighted by molar-refractivity contribution is 5.70. The van der Waals surface area contributed by atoms with Crippen LogP contribution in [0, 0.1) is 32.1 Å². The Hall–Kier alpha value is -3.07. The molecule has 0 atom stereocenters. The fourth-order valence-electron chi connectivity index (χ4n) is 3.23. The second-order valence-electron chi connectivity index (χ2n) is 6.54. The summed E-state index contributed by atoms with van der Waals surface area (Å²) in [6.07, 6.45) is -4.36. The molecule has 0 N–H and O–H groups in total. The van der Waals surface area contributed by atoms with Crippen molar-refractivity contribution in [3.63, 3.8) is 0 Å². The smallest absolute Gasteiger partial charge is 0.265 e. The van der Waals surface area contributed by atoms with E-state index in [1.807, 2.05) is 32.9 Å². The van der Waals surface area contributed by atoms with E-state index in [-0.39, 0.29) is 6.54 Å². The maximum absolute atomic E-state index is 12.9. The summed E-state index contributed by atoms with van der Waals surface area (Å²) in [4.78, 5) is 0. The molecular formula is C21H18F3N3. The number of hydrogen-bond donors (Lipinski definition) is 0. The van der Waals surface area contributed by atoms with Crippen LogP contribution in [-0.4, -0.2) is 9.78 Å². The molecule has 0 spiro atoms. The van der Waals surface area contributed by atoms with Crippen molar-refractivity contribution in [1.29, 1.82) is 5.26 Å². The third-order valence-electron chi connectivity index (χ3n) is 4.60. The van der Waals surface area contributed by atoms with Crippen LogP contribution in [0.1, 0.15) is 33.6 Å². The Morgan fingerprint density at radius 2 is 1.81 bits per heavy atom. The van der Waals surface area contributed by atoms with Crippen LogP contribution in [0.2, 0.25) is 0 Å². The number of benzene rings is 2. The third-order valence-corrected chi connectivity index (χ3v) is 4.60. The first kappa shape index (κ1) is 18.7. The van der Waals surface area contributed by atoms with Gasteiger partial charge in [-0.2, -0.15) is 23.5 Å². The zero-order valence-electron chi connectivity index (χ0n) is 15.2. The van der Waals surface area contributed by atoms with E-state index in [1.165, 1.54) is 6.07 Å². The molecule has 27 heavy (non-hydrogen) atoms. The SMILES string of the molecule is Cc1cc(-c2c(C)nn(Cc3cccc(C(F)(F)F)c3)c2C)ccc1C#N. The van der Waals surface area contributed by atoms with Gasteiger partial charge in [-0.05, 0) is 61.7 Å². The largest absolute Gasteiger partial charge is 0.416 e. The molecule has 0 amide bonds. The van der Waals surface area contributed by atoms with Gasteiger partial charge in [0, 0.05) is 11.3 Å². The number of aromatic nitrogens is 2. The summed E-state index contributed by atoms with van der Waals surface area (Å²) < 4.78 is 40.5. The van der Waals surface area contributed by atoms with Crippen LogP contribution in [0.4, 0.5) is 13.2 Å². The molecule has 0 unspecified atom stereocenters. The fraction of sp³-hybridized carbons (Fsp3) is 0.238. The van der Waals surface area contributed by atoms with Crippen molar-refractivity contribution in [2.24, 2.45) is 0 Å². The van der Waals surface area contributed by atoms with Gasteiger partial charge in [0.1, 0.15) is 0 Å². The van der Waals surface area contributed by atoms with Crippen LogP contribution in [-0.2, 0) is 12.7 Å². The highest BCUT2D eigenvalue weighted by atomic mass is 19.4. The Balaban J connectivity index is 1.98. The summed E-state index contributed by atoms with van der Waals surface area (Å²) in [7, 11) is 0. The molecule has 6 heteroatoms. The minimum Gasteiger partial charge on any atom is -0.265 e. The first-order chi connectivity index (χ1) is 12.7. The molecule has 3 aromatic rings. The molecule has 138 valence electrons. The number of halogens is 3. The molecule has 0 aliphatic heterocycles. The molecule has 1 aromatic heterocycles. The van der Waals surface area contributed by atoms with Gasteiger partial charge in [0.15, 0.2) is 0 Å².